The molecule has 224 valence electrons. The Morgan fingerprint density at radius 2 is 1.77 bits per heavy atom. The van der Waals surface area contributed by atoms with Crippen molar-refractivity contribution in [1.82, 2.24) is 10.2 Å². The molecule has 0 aromatic heterocycles. The molecule has 40 heavy (non-hydrogen) atoms. The third-order valence-corrected chi connectivity index (χ3v) is 8.84. The number of nitrogens with one attached hydrogen (secondary N) is 1. The van der Waals surface area contributed by atoms with Gasteiger partial charge in [0.15, 0.2) is 28.4 Å². The first-order valence-electron chi connectivity index (χ1n) is 12.5. The van der Waals surface area contributed by atoms with Crippen molar-refractivity contribution < 1.29 is 47.5 Å². The fraction of sp³-hybridized carbons (Fsp3) is 0.522. The van der Waals surface area contributed by atoms with Crippen LogP contribution in [0, 0.1) is 11.6 Å². The average molecular weight is 610 g/mol. The van der Waals surface area contributed by atoms with Gasteiger partial charge in [-0.3, -0.25) is 19.4 Å². The Bertz CT molecular complexity index is 1020. The standard InChI is InChI=1S/C21H29F2N5O8P2.C2H6/c22-16-7-14(8-17(23)20(16)26-5-1-13(2-6-26)25-4-3-24)28-11-15(36-21(28)31)10-27(12-29)18(30)9-19(37(32)33)38(34)35;1-2/h3-4,7-8,12-13,15,19,25,32-35H,1-2,5-6,9-11,24H2;1-2H3/b4-3-;. The summed E-state index contributed by atoms with van der Waals surface area (Å²) in [6.45, 7) is 4.13. The molecule has 0 spiro atoms. The molecule has 2 aliphatic rings. The fourth-order valence-corrected chi connectivity index (χ4v) is 5.63. The van der Waals surface area contributed by atoms with Gasteiger partial charge in [-0.15, -0.1) is 0 Å². The number of anilines is 2. The highest BCUT2D eigenvalue weighted by Gasteiger charge is 2.37. The van der Waals surface area contributed by atoms with E-state index in [1.54, 1.807) is 11.1 Å². The molecule has 0 radical (unpaired) electrons. The number of rotatable bonds is 11. The van der Waals surface area contributed by atoms with Crippen LogP contribution in [-0.4, -0.2) is 86.6 Å². The van der Waals surface area contributed by atoms with E-state index in [1.165, 1.54) is 6.20 Å². The van der Waals surface area contributed by atoms with Crippen LogP contribution < -0.4 is 20.9 Å². The molecule has 7 N–H and O–H groups in total. The number of hydrogen-bond acceptors (Lipinski definition) is 11. The molecule has 0 bridgehead atoms. The molecule has 1 atom stereocenters. The lowest BCUT2D eigenvalue weighted by atomic mass is 10.0. The van der Waals surface area contributed by atoms with Crippen molar-refractivity contribution in [3.63, 3.8) is 0 Å². The molecule has 17 heteroatoms. The number of cyclic esters (lactones) is 1. The van der Waals surface area contributed by atoms with Crippen LogP contribution in [0.25, 0.3) is 0 Å². The summed E-state index contributed by atoms with van der Waals surface area (Å²) in [6.07, 6.45) is 1.64. The summed E-state index contributed by atoms with van der Waals surface area (Å²) in [5.41, 5.74) is 5.00. The number of piperidine rings is 1. The number of halogens is 2. The molecule has 13 nitrogen and oxygen atoms in total. The Labute approximate surface area is 233 Å². The lowest BCUT2D eigenvalue weighted by Gasteiger charge is -2.34. The van der Waals surface area contributed by atoms with Crippen LogP contribution in [0.3, 0.4) is 0 Å². The monoisotopic (exact) mass is 609 g/mol. The van der Waals surface area contributed by atoms with Crippen LogP contribution in [0.15, 0.2) is 24.5 Å². The van der Waals surface area contributed by atoms with E-state index in [0.717, 1.165) is 17.0 Å². The van der Waals surface area contributed by atoms with Crippen molar-refractivity contribution in [3.05, 3.63) is 36.2 Å². The van der Waals surface area contributed by atoms with Gasteiger partial charge in [0.05, 0.1) is 18.8 Å². The molecule has 1 unspecified atom stereocenters. The van der Waals surface area contributed by atoms with E-state index >= 15 is 8.78 Å². The number of nitrogens with two attached hydrogens (primary N) is 1. The normalized spacial score (nSPS) is 17.9. The van der Waals surface area contributed by atoms with E-state index in [9.17, 15) is 34.0 Å². The number of carbonyl (C=O) groups excluding carboxylic acids is 3. The molecule has 0 saturated carbocycles. The number of benzene rings is 1. The largest absolute Gasteiger partial charge is 0.442 e. The summed E-state index contributed by atoms with van der Waals surface area (Å²) in [5.74, 6) is -2.69. The predicted molar refractivity (Wildman–Crippen MR) is 146 cm³/mol. The van der Waals surface area contributed by atoms with Crippen LogP contribution in [-0.2, 0) is 14.3 Å². The quantitative estimate of drug-likeness (QED) is 0.158. The van der Waals surface area contributed by atoms with E-state index < -0.39 is 64.9 Å². The van der Waals surface area contributed by atoms with E-state index in [1.807, 2.05) is 13.8 Å². The maximum atomic E-state index is 15.0. The summed E-state index contributed by atoms with van der Waals surface area (Å²) < 4.78 is 35.2. The maximum absolute atomic E-state index is 15.0. The molecule has 2 aliphatic heterocycles. The number of carbonyl (C=O) groups is 3. The maximum Gasteiger partial charge on any atom is 0.414 e. The van der Waals surface area contributed by atoms with Crippen molar-refractivity contribution in [2.24, 2.45) is 5.73 Å². The smallest absolute Gasteiger partial charge is 0.414 e. The van der Waals surface area contributed by atoms with Crippen molar-refractivity contribution in [2.75, 3.05) is 36.0 Å². The first-order valence-corrected chi connectivity index (χ1v) is 15.1. The lowest BCUT2D eigenvalue weighted by molar-refractivity contribution is -0.139. The van der Waals surface area contributed by atoms with E-state index in [0.29, 0.717) is 30.8 Å². The zero-order chi connectivity index (χ0) is 30.0. The van der Waals surface area contributed by atoms with Gasteiger partial charge in [-0.05, 0) is 12.8 Å². The summed E-state index contributed by atoms with van der Waals surface area (Å²) in [7, 11) is -5.72. The summed E-state index contributed by atoms with van der Waals surface area (Å²) in [6, 6.07) is 2.14. The number of nitrogens with zero attached hydrogens (tertiary/aromatic N) is 3. The van der Waals surface area contributed by atoms with Crippen molar-refractivity contribution >= 4 is 46.5 Å². The van der Waals surface area contributed by atoms with Crippen molar-refractivity contribution in [1.29, 1.82) is 0 Å². The Kier molecular flexibility index (Phi) is 13.4. The minimum absolute atomic E-state index is 0.109. The average Bonchev–Trinajstić information content (AvgIpc) is 3.29. The molecule has 2 heterocycles. The van der Waals surface area contributed by atoms with Crippen LogP contribution in [0.2, 0.25) is 0 Å². The molecule has 2 fully saturated rings. The van der Waals surface area contributed by atoms with Gasteiger partial charge in [0.2, 0.25) is 12.3 Å². The second-order valence-electron chi connectivity index (χ2n) is 8.64. The Morgan fingerprint density at radius 3 is 2.27 bits per heavy atom. The van der Waals surface area contributed by atoms with Gasteiger partial charge in [0, 0.05) is 50.1 Å². The third-order valence-electron chi connectivity index (χ3n) is 6.17. The molecule has 1 aromatic carbocycles. The number of imide groups is 1. The Hall–Kier alpha value is -2.67. The van der Waals surface area contributed by atoms with Gasteiger partial charge >= 0.3 is 6.09 Å². The molecule has 1 aromatic rings. The van der Waals surface area contributed by atoms with Gasteiger partial charge in [0.1, 0.15) is 17.2 Å². The van der Waals surface area contributed by atoms with E-state index in [-0.39, 0.29) is 30.4 Å². The first-order chi connectivity index (χ1) is 19.0. The highest BCUT2D eigenvalue weighted by Crippen LogP contribution is 2.51. The zero-order valence-electron chi connectivity index (χ0n) is 22.1. The zero-order valence-corrected chi connectivity index (χ0v) is 23.8. The molecule has 0 aliphatic carbocycles. The topological polar surface area (TPSA) is 189 Å². The number of amides is 3. The minimum atomic E-state index is -2.86. The SMILES string of the molecule is CC.N/C=C\NC1CCN(c2c(F)cc(N3CC(CN(C=O)C(=O)CC(P(O)O)P(O)O)OC3=O)cc2F)CC1. The molecular formula is C23H35F2N5O8P2. The minimum Gasteiger partial charge on any atom is -0.442 e. The van der Waals surface area contributed by atoms with Crippen LogP contribution in [0.4, 0.5) is 25.0 Å². The molecular weight excluding hydrogens is 574 g/mol. The summed E-state index contributed by atoms with van der Waals surface area (Å²) in [5, 5.41) is 1.55. The van der Waals surface area contributed by atoms with Gasteiger partial charge < -0.3 is 40.3 Å². The highest BCUT2D eigenvalue weighted by atomic mass is 31.2. The second kappa shape index (κ2) is 15.9. The third kappa shape index (κ3) is 8.66. The molecule has 3 rings (SSSR count). The van der Waals surface area contributed by atoms with Gasteiger partial charge in [0.25, 0.3) is 0 Å². The Balaban J connectivity index is 0.00000274. The fourth-order valence-electron chi connectivity index (χ4n) is 4.25. The van der Waals surface area contributed by atoms with Crippen LogP contribution >= 0.6 is 16.8 Å². The van der Waals surface area contributed by atoms with Crippen LogP contribution in [0.1, 0.15) is 33.1 Å². The first kappa shape index (κ1) is 33.5. The van der Waals surface area contributed by atoms with E-state index in [4.69, 9.17) is 10.5 Å². The number of ether oxygens (including phenoxy) is 1. The van der Waals surface area contributed by atoms with Crippen molar-refractivity contribution in [2.45, 2.75) is 50.7 Å². The number of hydrogen-bond donors (Lipinski definition) is 6. The predicted octanol–water partition coefficient (Wildman–Crippen LogP) is 1.60. The lowest BCUT2D eigenvalue weighted by Crippen LogP contribution is -2.41. The van der Waals surface area contributed by atoms with Gasteiger partial charge in [-0.1, -0.05) is 13.8 Å². The highest BCUT2D eigenvalue weighted by molar-refractivity contribution is 7.64. The summed E-state index contributed by atoms with van der Waals surface area (Å²) in [4.78, 5) is 76.4. The van der Waals surface area contributed by atoms with Gasteiger partial charge in [-0.25, -0.2) is 13.6 Å². The summed E-state index contributed by atoms with van der Waals surface area (Å²) >= 11 is 0. The van der Waals surface area contributed by atoms with Gasteiger partial charge in [-0.2, -0.15) is 0 Å². The van der Waals surface area contributed by atoms with Crippen LogP contribution in [0.5, 0.6) is 0 Å². The van der Waals surface area contributed by atoms with E-state index in [2.05, 4.69) is 5.32 Å². The second-order valence-corrected chi connectivity index (χ2v) is 11.6. The molecule has 3 amide bonds. The Morgan fingerprint density at radius 1 is 1.20 bits per heavy atom. The molecule has 2 saturated heterocycles. The van der Waals surface area contributed by atoms with Crippen molar-refractivity contribution in [3.8, 4) is 0 Å².